The molecule has 1 aliphatic heterocycles. The van der Waals surface area contributed by atoms with Gasteiger partial charge in [0.15, 0.2) is 22.6 Å². The molecule has 0 spiro atoms. The summed E-state index contributed by atoms with van der Waals surface area (Å²) in [6, 6.07) is 1.58. The van der Waals surface area contributed by atoms with Crippen LogP contribution in [0.3, 0.4) is 0 Å². The number of anilines is 1. The summed E-state index contributed by atoms with van der Waals surface area (Å²) in [6.07, 6.45) is 0. The summed E-state index contributed by atoms with van der Waals surface area (Å²) in [6.45, 7) is 0.200. The molecule has 1 N–H and O–H groups in total. The molecule has 2 aromatic rings. The number of likely N-dealkylation sites (tertiary alicyclic amines) is 1. The van der Waals surface area contributed by atoms with Crippen LogP contribution in [0.1, 0.15) is 11.6 Å². The Kier molecular flexibility index (Phi) is 5.22. The van der Waals surface area contributed by atoms with Crippen LogP contribution in [-0.4, -0.2) is 40.1 Å². The lowest BCUT2D eigenvalue weighted by Crippen LogP contribution is -2.33. The molecule has 2 heterocycles. The molecule has 0 radical (unpaired) electrons. The topological polar surface area (TPSA) is 67.2 Å². The van der Waals surface area contributed by atoms with Crippen molar-refractivity contribution in [3.63, 3.8) is 0 Å². The first-order valence-electron chi connectivity index (χ1n) is 7.70. The number of likely N-dealkylation sites (N-methyl/N-ethyl adjacent to an activating group) is 1. The number of carbonyl (C=O) groups excluding carboxylic acids is 2. The zero-order valence-electron chi connectivity index (χ0n) is 14.1. The van der Waals surface area contributed by atoms with Crippen molar-refractivity contribution in [3.05, 3.63) is 44.9 Å². The van der Waals surface area contributed by atoms with E-state index in [1.54, 1.807) is 7.05 Å². The Bertz CT molecular complexity index is 952. The fourth-order valence-electron chi connectivity index (χ4n) is 3.15. The summed E-state index contributed by atoms with van der Waals surface area (Å²) < 4.78 is 42.2. The Morgan fingerprint density at radius 3 is 2.56 bits per heavy atom. The number of halogens is 5. The summed E-state index contributed by atoms with van der Waals surface area (Å²) in [7, 11) is 3.13. The van der Waals surface area contributed by atoms with Crippen molar-refractivity contribution >= 4 is 45.0 Å². The van der Waals surface area contributed by atoms with Gasteiger partial charge in [-0.3, -0.25) is 14.3 Å². The first-order chi connectivity index (χ1) is 12.6. The summed E-state index contributed by atoms with van der Waals surface area (Å²) in [5.74, 6) is -7.81. The van der Waals surface area contributed by atoms with Crippen molar-refractivity contribution in [2.75, 3.05) is 18.9 Å². The van der Waals surface area contributed by atoms with E-state index in [0.29, 0.717) is 16.2 Å². The van der Waals surface area contributed by atoms with Gasteiger partial charge in [0.2, 0.25) is 11.8 Å². The van der Waals surface area contributed by atoms with Crippen LogP contribution in [0.15, 0.2) is 16.6 Å². The van der Waals surface area contributed by atoms with Crippen molar-refractivity contribution in [2.45, 2.75) is 5.92 Å². The molecule has 0 aliphatic carbocycles. The number of rotatable bonds is 3. The Balaban J connectivity index is 1.96. The summed E-state index contributed by atoms with van der Waals surface area (Å²) in [4.78, 5) is 26.6. The van der Waals surface area contributed by atoms with Gasteiger partial charge < -0.3 is 10.2 Å². The second kappa shape index (κ2) is 7.16. The van der Waals surface area contributed by atoms with Crippen molar-refractivity contribution in [1.82, 2.24) is 14.7 Å². The molecule has 1 aromatic carbocycles. The molecule has 11 heteroatoms. The van der Waals surface area contributed by atoms with Gasteiger partial charge in [-0.1, -0.05) is 11.6 Å². The van der Waals surface area contributed by atoms with Crippen LogP contribution in [0.25, 0.3) is 0 Å². The van der Waals surface area contributed by atoms with Crippen molar-refractivity contribution in [2.24, 2.45) is 13.0 Å². The number of nitrogens with zero attached hydrogens (tertiary/aromatic N) is 3. The normalized spacial score (nSPS) is 19.7. The van der Waals surface area contributed by atoms with Crippen molar-refractivity contribution < 1.29 is 22.8 Å². The molecule has 1 aromatic heterocycles. The zero-order chi connectivity index (χ0) is 20.0. The molecule has 3 rings (SSSR count). The van der Waals surface area contributed by atoms with Crippen LogP contribution in [0.5, 0.6) is 0 Å². The van der Waals surface area contributed by atoms with Crippen molar-refractivity contribution in [1.29, 1.82) is 0 Å². The van der Waals surface area contributed by atoms with E-state index < -0.39 is 46.8 Å². The van der Waals surface area contributed by atoms with E-state index in [1.165, 1.54) is 16.6 Å². The van der Waals surface area contributed by atoms with Crippen LogP contribution in [0.4, 0.5) is 18.9 Å². The second-order valence-electron chi connectivity index (χ2n) is 6.13. The maximum absolute atomic E-state index is 13.9. The maximum Gasteiger partial charge on any atom is 0.237 e. The quantitative estimate of drug-likeness (QED) is 0.560. The van der Waals surface area contributed by atoms with E-state index >= 15 is 0 Å². The van der Waals surface area contributed by atoms with Gasteiger partial charge in [0, 0.05) is 26.6 Å². The molecule has 0 saturated carbocycles. The summed E-state index contributed by atoms with van der Waals surface area (Å²) in [5.41, 5.74) is -0.0364. The Morgan fingerprint density at radius 2 is 1.96 bits per heavy atom. The number of carbonyl (C=O) groups is 2. The number of hydrogen-bond acceptors (Lipinski definition) is 3. The predicted molar refractivity (Wildman–Crippen MR) is 94.7 cm³/mol. The molecule has 1 aliphatic rings. The minimum Gasteiger partial charge on any atom is -0.344 e. The Hall–Kier alpha value is -2.07. The molecule has 144 valence electrons. The van der Waals surface area contributed by atoms with Crippen LogP contribution >= 0.6 is 27.5 Å². The van der Waals surface area contributed by atoms with Gasteiger partial charge in [-0.15, -0.1) is 0 Å². The molecule has 27 heavy (non-hydrogen) atoms. The number of benzene rings is 1. The first kappa shape index (κ1) is 19.7. The number of amides is 2. The molecule has 2 atom stereocenters. The highest BCUT2D eigenvalue weighted by Crippen LogP contribution is 2.39. The second-order valence-corrected chi connectivity index (χ2v) is 7.28. The fraction of sp³-hybridized carbons (Fsp3) is 0.312. The lowest BCUT2D eigenvalue weighted by atomic mass is 9.91. The smallest absolute Gasteiger partial charge is 0.237 e. The molecule has 0 unspecified atom stereocenters. The predicted octanol–water partition coefficient (Wildman–Crippen LogP) is 3.06. The average Bonchev–Trinajstić information content (AvgIpc) is 3.03. The third-order valence-corrected chi connectivity index (χ3v) is 5.71. The Morgan fingerprint density at radius 1 is 1.30 bits per heavy atom. The van der Waals surface area contributed by atoms with Crippen LogP contribution in [0, 0.1) is 23.4 Å². The molecule has 1 saturated heterocycles. The van der Waals surface area contributed by atoms with Gasteiger partial charge in [0.05, 0.1) is 15.9 Å². The summed E-state index contributed by atoms with van der Waals surface area (Å²) >= 11 is 9.29. The molecule has 6 nitrogen and oxygen atoms in total. The number of nitrogens with one attached hydrogen (secondary N) is 1. The number of hydrogen-bond donors (Lipinski definition) is 1. The largest absolute Gasteiger partial charge is 0.344 e. The number of aromatic nitrogens is 2. The van der Waals surface area contributed by atoms with E-state index in [0.717, 1.165) is 6.07 Å². The Labute approximate surface area is 165 Å². The zero-order valence-corrected chi connectivity index (χ0v) is 16.4. The van der Waals surface area contributed by atoms with E-state index in [1.807, 2.05) is 0 Å². The van der Waals surface area contributed by atoms with E-state index in [2.05, 4.69) is 26.3 Å². The van der Waals surface area contributed by atoms with Gasteiger partial charge in [-0.25, -0.2) is 13.2 Å². The van der Waals surface area contributed by atoms with E-state index in [9.17, 15) is 22.8 Å². The minimum atomic E-state index is -1.71. The van der Waals surface area contributed by atoms with E-state index in [4.69, 9.17) is 11.6 Å². The monoisotopic (exact) mass is 464 g/mol. The highest BCUT2D eigenvalue weighted by molar-refractivity contribution is 9.10. The lowest BCUT2D eigenvalue weighted by molar-refractivity contribution is -0.135. The SMILES string of the molecule is CN1C[C@H](c2c(Br)c(Cl)nn2C)[C@@H](C(=O)Nc2ccc(F)c(F)c2F)C1=O. The van der Waals surface area contributed by atoms with E-state index in [-0.39, 0.29) is 11.7 Å². The average molecular weight is 466 g/mol. The highest BCUT2D eigenvalue weighted by atomic mass is 79.9. The lowest BCUT2D eigenvalue weighted by Gasteiger charge is -2.17. The van der Waals surface area contributed by atoms with Gasteiger partial charge in [-0.2, -0.15) is 5.10 Å². The van der Waals surface area contributed by atoms with Gasteiger partial charge in [0.25, 0.3) is 0 Å². The molecule has 1 fully saturated rings. The minimum absolute atomic E-state index is 0.167. The van der Waals surface area contributed by atoms with Crippen molar-refractivity contribution in [3.8, 4) is 0 Å². The van der Waals surface area contributed by atoms with Gasteiger partial charge >= 0.3 is 0 Å². The van der Waals surface area contributed by atoms with Gasteiger partial charge in [0.1, 0.15) is 5.92 Å². The molecular formula is C16H13BrClF3N4O2. The maximum atomic E-state index is 13.9. The molecule has 0 bridgehead atoms. The van der Waals surface area contributed by atoms with Crippen LogP contribution in [-0.2, 0) is 16.6 Å². The molecular weight excluding hydrogens is 453 g/mol. The third-order valence-electron chi connectivity index (χ3n) is 4.43. The summed E-state index contributed by atoms with van der Waals surface area (Å²) in [5, 5.41) is 6.38. The molecule has 2 amide bonds. The van der Waals surface area contributed by atoms with Gasteiger partial charge in [-0.05, 0) is 28.1 Å². The van der Waals surface area contributed by atoms with Crippen LogP contribution < -0.4 is 5.32 Å². The number of aryl methyl sites for hydroxylation is 1. The third kappa shape index (κ3) is 3.31. The standard InChI is InChI=1S/C16H13BrClF3N4O2/c1-24-5-6(13-10(17)14(18)23-25(13)2)9(16(24)27)15(26)22-8-4-3-7(19)11(20)12(8)21/h3-4,6,9H,5H2,1-2H3,(H,22,26)/t6-,9-/m0/s1. The highest BCUT2D eigenvalue weighted by Gasteiger charge is 2.46. The fourth-order valence-corrected chi connectivity index (χ4v) is 3.99. The van der Waals surface area contributed by atoms with Crippen LogP contribution in [0.2, 0.25) is 5.15 Å². The first-order valence-corrected chi connectivity index (χ1v) is 8.87.